The number of carboxylic acids is 1. The molecule has 19 heavy (non-hydrogen) atoms. The largest absolute Gasteiger partial charge is 0.478 e. The topological polar surface area (TPSA) is 40.5 Å². The molecule has 0 radical (unpaired) electrons. The lowest BCUT2D eigenvalue weighted by molar-refractivity contribution is 0.0697. The van der Waals surface area contributed by atoms with Gasteiger partial charge in [0.25, 0.3) is 0 Å². The fourth-order valence-electron chi connectivity index (χ4n) is 1.87. The predicted molar refractivity (Wildman–Crippen MR) is 79.7 cm³/mol. The molecule has 1 N–H and O–H groups in total. The van der Waals surface area contributed by atoms with Gasteiger partial charge in [0.1, 0.15) is 0 Å². The molecule has 0 aliphatic heterocycles. The fourth-order valence-corrected chi connectivity index (χ4v) is 2.35. The lowest BCUT2D eigenvalue weighted by Gasteiger charge is -2.20. The third-order valence-corrected chi connectivity index (χ3v) is 3.29. The third-order valence-electron chi connectivity index (χ3n) is 2.83. The first-order valence-electron chi connectivity index (χ1n) is 5.85. The molecule has 2 aromatic carbocycles. The van der Waals surface area contributed by atoms with E-state index in [4.69, 9.17) is 5.11 Å². The highest BCUT2D eigenvalue weighted by atomic mass is 79.9. The van der Waals surface area contributed by atoms with Gasteiger partial charge >= 0.3 is 5.97 Å². The molecule has 0 unspecified atom stereocenters. The summed E-state index contributed by atoms with van der Waals surface area (Å²) in [4.78, 5) is 13.1. The molecule has 0 aliphatic carbocycles. The smallest absolute Gasteiger partial charge is 0.335 e. The first kappa shape index (κ1) is 13.6. The van der Waals surface area contributed by atoms with Crippen molar-refractivity contribution in [3.05, 3.63) is 64.1 Å². The number of benzene rings is 2. The van der Waals surface area contributed by atoms with Crippen LogP contribution in [0.5, 0.6) is 0 Å². The molecule has 4 heteroatoms. The summed E-state index contributed by atoms with van der Waals surface area (Å²) in [5, 5.41) is 9.07. The minimum atomic E-state index is -0.921. The predicted octanol–water partition coefficient (Wildman–Crippen LogP) is 3.78. The van der Waals surface area contributed by atoms with E-state index in [1.807, 2.05) is 48.3 Å². The van der Waals surface area contributed by atoms with Crippen LogP contribution in [0.25, 0.3) is 0 Å². The second-order valence-corrected chi connectivity index (χ2v) is 5.26. The lowest BCUT2D eigenvalue weighted by Crippen LogP contribution is -2.16. The van der Waals surface area contributed by atoms with Crippen LogP contribution in [0.1, 0.15) is 15.9 Å². The van der Waals surface area contributed by atoms with Crippen LogP contribution >= 0.6 is 15.9 Å². The molecule has 0 aliphatic rings. The molecule has 2 aromatic rings. The maximum absolute atomic E-state index is 11.0. The number of aromatic carboxylic acids is 1. The molecule has 2 rings (SSSR count). The number of halogens is 1. The SMILES string of the molecule is CN(Cc1ccccc1)c1cc(Br)cc(C(=O)O)c1. The van der Waals surface area contributed by atoms with Crippen molar-refractivity contribution in [2.75, 3.05) is 11.9 Å². The van der Waals surface area contributed by atoms with Crippen molar-refractivity contribution in [2.45, 2.75) is 6.54 Å². The zero-order valence-electron chi connectivity index (χ0n) is 10.5. The van der Waals surface area contributed by atoms with Gasteiger partial charge in [-0.3, -0.25) is 0 Å². The fraction of sp³-hybridized carbons (Fsp3) is 0.133. The highest BCUT2D eigenvalue weighted by molar-refractivity contribution is 9.10. The van der Waals surface area contributed by atoms with Crippen molar-refractivity contribution in [1.29, 1.82) is 0 Å². The third kappa shape index (κ3) is 3.58. The van der Waals surface area contributed by atoms with E-state index in [9.17, 15) is 4.79 Å². The number of carboxylic acid groups (broad SMARTS) is 1. The second-order valence-electron chi connectivity index (χ2n) is 4.34. The van der Waals surface area contributed by atoms with Crippen LogP contribution in [0.4, 0.5) is 5.69 Å². The van der Waals surface area contributed by atoms with Crippen LogP contribution in [-0.4, -0.2) is 18.1 Å². The quantitative estimate of drug-likeness (QED) is 0.932. The Hall–Kier alpha value is -1.81. The van der Waals surface area contributed by atoms with Crippen molar-refractivity contribution < 1.29 is 9.90 Å². The van der Waals surface area contributed by atoms with Crippen LogP contribution in [0.3, 0.4) is 0 Å². The average molecular weight is 320 g/mol. The minimum absolute atomic E-state index is 0.282. The van der Waals surface area contributed by atoms with Gasteiger partial charge in [0.05, 0.1) is 5.56 Å². The number of anilines is 1. The van der Waals surface area contributed by atoms with E-state index in [1.54, 1.807) is 12.1 Å². The van der Waals surface area contributed by atoms with Gasteiger partial charge < -0.3 is 10.0 Å². The standard InChI is InChI=1S/C15H14BrNO2/c1-17(10-11-5-3-2-4-6-11)14-8-12(15(18)19)7-13(16)9-14/h2-9H,10H2,1H3,(H,18,19). The van der Waals surface area contributed by atoms with Crippen LogP contribution in [0.15, 0.2) is 53.0 Å². The van der Waals surface area contributed by atoms with Gasteiger partial charge in [-0.25, -0.2) is 4.79 Å². The molecule has 3 nitrogen and oxygen atoms in total. The zero-order valence-corrected chi connectivity index (χ0v) is 12.1. The van der Waals surface area contributed by atoms with E-state index in [-0.39, 0.29) is 5.56 Å². The summed E-state index contributed by atoms with van der Waals surface area (Å²) in [5.41, 5.74) is 2.33. The molecule has 98 valence electrons. The summed E-state index contributed by atoms with van der Waals surface area (Å²) < 4.78 is 0.766. The van der Waals surface area contributed by atoms with Gasteiger partial charge in [-0.2, -0.15) is 0 Å². The Morgan fingerprint density at radius 1 is 1.21 bits per heavy atom. The van der Waals surface area contributed by atoms with Gasteiger partial charge in [-0.05, 0) is 23.8 Å². The number of rotatable bonds is 4. The molecular weight excluding hydrogens is 306 g/mol. The monoisotopic (exact) mass is 319 g/mol. The summed E-state index contributed by atoms with van der Waals surface area (Å²) in [6, 6.07) is 15.2. The molecule has 0 aromatic heterocycles. The number of carbonyl (C=O) groups is 1. The van der Waals surface area contributed by atoms with E-state index in [0.29, 0.717) is 0 Å². The van der Waals surface area contributed by atoms with Gasteiger partial charge in [0, 0.05) is 23.8 Å². The van der Waals surface area contributed by atoms with Crippen LogP contribution in [0, 0.1) is 0 Å². The Balaban J connectivity index is 2.24. The van der Waals surface area contributed by atoms with E-state index >= 15 is 0 Å². The van der Waals surface area contributed by atoms with Crippen molar-refractivity contribution in [3.8, 4) is 0 Å². The van der Waals surface area contributed by atoms with E-state index in [0.717, 1.165) is 16.7 Å². The average Bonchev–Trinajstić information content (AvgIpc) is 2.39. The van der Waals surface area contributed by atoms with E-state index in [1.165, 1.54) is 5.56 Å². The van der Waals surface area contributed by atoms with E-state index in [2.05, 4.69) is 15.9 Å². The molecule has 0 heterocycles. The summed E-state index contributed by atoms with van der Waals surface area (Å²) >= 11 is 3.35. The molecular formula is C15H14BrNO2. The summed E-state index contributed by atoms with van der Waals surface area (Å²) in [6.07, 6.45) is 0. The van der Waals surface area contributed by atoms with Crippen LogP contribution in [-0.2, 0) is 6.54 Å². The molecule has 0 saturated heterocycles. The summed E-state index contributed by atoms with van der Waals surface area (Å²) in [7, 11) is 1.94. The van der Waals surface area contributed by atoms with Crippen molar-refractivity contribution >= 4 is 27.6 Å². The Morgan fingerprint density at radius 3 is 2.53 bits per heavy atom. The van der Waals surface area contributed by atoms with Crippen LogP contribution in [0.2, 0.25) is 0 Å². The number of nitrogens with zero attached hydrogens (tertiary/aromatic N) is 1. The van der Waals surface area contributed by atoms with Crippen LogP contribution < -0.4 is 4.90 Å². The Bertz CT molecular complexity index is 584. The van der Waals surface area contributed by atoms with Gasteiger partial charge in [-0.15, -0.1) is 0 Å². The molecule has 0 atom stereocenters. The normalized spacial score (nSPS) is 10.2. The molecule has 0 spiro atoms. The first-order valence-corrected chi connectivity index (χ1v) is 6.64. The lowest BCUT2D eigenvalue weighted by atomic mass is 10.1. The summed E-state index contributed by atoms with van der Waals surface area (Å²) in [5.74, 6) is -0.921. The second kappa shape index (κ2) is 5.89. The molecule has 0 amide bonds. The highest BCUT2D eigenvalue weighted by Crippen LogP contribution is 2.23. The Morgan fingerprint density at radius 2 is 1.89 bits per heavy atom. The molecule has 0 bridgehead atoms. The Kier molecular flexibility index (Phi) is 4.22. The Labute approximate surface area is 120 Å². The van der Waals surface area contributed by atoms with Crippen molar-refractivity contribution in [3.63, 3.8) is 0 Å². The molecule has 0 saturated carbocycles. The van der Waals surface area contributed by atoms with Gasteiger partial charge in [0.15, 0.2) is 0 Å². The highest BCUT2D eigenvalue weighted by Gasteiger charge is 2.09. The van der Waals surface area contributed by atoms with Crippen molar-refractivity contribution in [2.24, 2.45) is 0 Å². The summed E-state index contributed by atoms with van der Waals surface area (Å²) in [6.45, 7) is 0.732. The number of hydrogen-bond donors (Lipinski definition) is 1. The zero-order chi connectivity index (χ0) is 13.8. The maximum atomic E-state index is 11.0. The first-order chi connectivity index (χ1) is 9.06. The minimum Gasteiger partial charge on any atom is -0.478 e. The van der Waals surface area contributed by atoms with E-state index < -0.39 is 5.97 Å². The molecule has 0 fully saturated rings. The van der Waals surface area contributed by atoms with Crippen molar-refractivity contribution in [1.82, 2.24) is 0 Å². The van der Waals surface area contributed by atoms with Gasteiger partial charge in [0.2, 0.25) is 0 Å². The maximum Gasteiger partial charge on any atom is 0.335 e. The van der Waals surface area contributed by atoms with Gasteiger partial charge in [-0.1, -0.05) is 46.3 Å². The number of hydrogen-bond acceptors (Lipinski definition) is 2.